The van der Waals surface area contributed by atoms with E-state index in [0.29, 0.717) is 25.3 Å². The summed E-state index contributed by atoms with van der Waals surface area (Å²) in [7, 11) is 0. The number of nitrogens with one attached hydrogen (secondary N) is 2. The number of hydrogen-bond acceptors (Lipinski definition) is 6. The van der Waals surface area contributed by atoms with Gasteiger partial charge in [-0.2, -0.15) is 0 Å². The van der Waals surface area contributed by atoms with Gasteiger partial charge in [-0.05, 0) is 62.3 Å². The molecule has 0 radical (unpaired) electrons. The Labute approximate surface area is 230 Å². The Morgan fingerprint density at radius 3 is 2.53 bits per heavy atom. The number of aliphatic hydroxyl groups is 1. The van der Waals surface area contributed by atoms with Crippen LogP contribution in [0.4, 0.5) is 5.69 Å². The number of hydrogen-bond donors (Lipinski definition) is 3. The second-order valence-electron chi connectivity index (χ2n) is 11.4. The van der Waals surface area contributed by atoms with Crippen LogP contribution in [0.15, 0.2) is 24.3 Å². The molecule has 1 spiro atoms. The average molecular weight is 546 g/mol. The van der Waals surface area contributed by atoms with Gasteiger partial charge < -0.3 is 25.4 Å². The Balaban J connectivity index is 1.67. The van der Waals surface area contributed by atoms with Crippen molar-refractivity contribution in [3.05, 3.63) is 24.3 Å². The van der Waals surface area contributed by atoms with Crippen LogP contribution in [-0.2, 0) is 14.4 Å². The van der Waals surface area contributed by atoms with Gasteiger partial charge in [-0.25, -0.2) is 0 Å². The number of carbonyl (C=O) groups is 3. The minimum atomic E-state index is -0.707. The molecule has 3 N–H and O–H groups in total. The summed E-state index contributed by atoms with van der Waals surface area (Å²) in [6, 6.07) is 6.06. The van der Waals surface area contributed by atoms with Crippen LogP contribution in [-0.4, -0.2) is 69.6 Å². The molecule has 3 aliphatic rings. The Bertz CT molecular complexity index is 1020. The van der Waals surface area contributed by atoms with Crippen LogP contribution in [0.25, 0.3) is 0 Å². The van der Waals surface area contributed by atoms with Gasteiger partial charge in [0.1, 0.15) is 11.8 Å². The highest BCUT2D eigenvalue weighted by Gasteiger charge is 2.76. The van der Waals surface area contributed by atoms with Crippen molar-refractivity contribution in [3.8, 4) is 5.75 Å². The average Bonchev–Trinajstić information content (AvgIpc) is 3.47. The Morgan fingerprint density at radius 1 is 1.21 bits per heavy atom. The van der Waals surface area contributed by atoms with Crippen molar-refractivity contribution < 1.29 is 24.2 Å². The summed E-state index contributed by atoms with van der Waals surface area (Å²) < 4.78 is 4.81. The summed E-state index contributed by atoms with van der Waals surface area (Å²) in [5.41, 5.74) is 0.650. The molecular weight excluding hydrogens is 502 g/mol. The first kappa shape index (κ1) is 28.7. The Morgan fingerprint density at radius 2 is 1.92 bits per heavy atom. The Kier molecular flexibility index (Phi) is 8.97. The maximum absolute atomic E-state index is 14.3. The maximum atomic E-state index is 14.3. The topological polar surface area (TPSA) is 108 Å². The van der Waals surface area contributed by atoms with Crippen LogP contribution in [0.3, 0.4) is 0 Å². The highest BCUT2D eigenvalue weighted by Crippen LogP contribution is 2.68. The van der Waals surface area contributed by atoms with E-state index in [1.54, 1.807) is 28.8 Å². The van der Waals surface area contributed by atoms with Crippen molar-refractivity contribution >= 4 is 35.2 Å². The Hall–Kier alpha value is -2.26. The molecule has 38 heavy (non-hydrogen) atoms. The van der Waals surface area contributed by atoms with Crippen molar-refractivity contribution in [2.24, 2.45) is 23.7 Å². The number of anilines is 1. The molecule has 3 unspecified atom stereocenters. The number of likely N-dealkylation sites (tertiary alicyclic amines) is 1. The summed E-state index contributed by atoms with van der Waals surface area (Å²) in [6.07, 6.45) is 3.18. The van der Waals surface area contributed by atoms with E-state index in [-0.39, 0.29) is 41.4 Å². The second kappa shape index (κ2) is 11.9. The van der Waals surface area contributed by atoms with Crippen molar-refractivity contribution in [1.29, 1.82) is 0 Å². The predicted octanol–water partition coefficient (Wildman–Crippen LogP) is 3.68. The number of unbranched alkanes of at least 4 members (excludes halogenated alkanes) is 1. The van der Waals surface area contributed by atoms with Gasteiger partial charge in [-0.15, -0.1) is 11.8 Å². The lowest BCUT2D eigenvalue weighted by Gasteiger charge is -2.40. The van der Waals surface area contributed by atoms with Gasteiger partial charge >= 0.3 is 0 Å². The van der Waals surface area contributed by atoms with Gasteiger partial charge in [-0.3, -0.25) is 14.4 Å². The number of rotatable bonds is 12. The molecule has 210 valence electrons. The summed E-state index contributed by atoms with van der Waals surface area (Å²) in [5.74, 6) is -0.606. The smallest absolute Gasteiger partial charge is 0.244 e. The number of ether oxygens (including phenoxy) is 1. The lowest BCUT2D eigenvalue weighted by atomic mass is 9.66. The third-order valence-corrected chi connectivity index (χ3v) is 10.4. The lowest BCUT2D eigenvalue weighted by molar-refractivity contribution is -0.142. The predicted molar refractivity (Wildman–Crippen MR) is 150 cm³/mol. The van der Waals surface area contributed by atoms with Crippen molar-refractivity contribution in [3.63, 3.8) is 0 Å². The van der Waals surface area contributed by atoms with Gasteiger partial charge in [-0.1, -0.05) is 34.1 Å². The molecule has 9 heteroatoms. The van der Waals surface area contributed by atoms with E-state index < -0.39 is 28.7 Å². The second-order valence-corrected chi connectivity index (χ2v) is 12.9. The molecule has 3 aliphatic heterocycles. The number of nitrogens with zero attached hydrogens (tertiary/aromatic N) is 1. The van der Waals surface area contributed by atoms with Crippen LogP contribution in [0, 0.1) is 23.7 Å². The highest BCUT2D eigenvalue weighted by atomic mass is 32.2. The normalized spacial score (nSPS) is 30.4. The fourth-order valence-corrected chi connectivity index (χ4v) is 9.19. The quantitative estimate of drug-likeness (QED) is 0.346. The third kappa shape index (κ3) is 5.04. The fourth-order valence-electron chi connectivity index (χ4n) is 6.78. The minimum Gasteiger partial charge on any atom is -0.494 e. The number of amides is 3. The van der Waals surface area contributed by atoms with E-state index in [2.05, 4.69) is 38.3 Å². The number of carbonyl (C=O) groups excluding carboxylic acids is 3. The third-order valence-electron chi connectivity index (χ3n) is 8.34. The summed E-state index contributed by atoms with van der Waals surface area (Å²) in [6.45, 7) is 11.1. The molecule has 4 rings (SSSR count). The largest absolute Gasteiger partial charge is 0.494 e. The van der Waals surface area contributed by atoms with Crippen LogP contribution in [0.2, 0.25) is 0 Å². The number of thioether (sulfide) groups is 1. The van der Waals surface area contributed by atoms with Crippen molar-refractivity contribution in [2.75, 3.05) is 25.1 Å². The van der Waals surface area contributed by atoms with Gasteiger partial charge in [0.2, 0.25) is 17.7 Å². The van der Waals surface area contributed by atoms with Crippen LogP contribution >= 0.6 is 11.8 Å². The van der Waals surface area contributed by atoms with E-state index in [9.17, 15) is 19.5 Å². The fraction of sp³-hybridized carbons (Fsp3) is 0.690. The van der Waals surface area contributed by atoms with E-state index in [1.165, 1.54) is 0 Å². The zero-order valence-electron chi connectivity index (χ0n) is 23.2. The van der Waals surface area contributed by atoms with Crippen molar-refractivity contribution in [2.45, 2.75) is 82.4 Å². The lowest BCUT2D eigenvalue weighted by Crippen LogP contribution is -2.58. The molecule has 0 aromatic heterocycles. The van der Waals surface area contributed by atoms with E-state index in [1.807, 2.05) is 19.1 Å². The van der Waals surface area contributed by atoms with Gasteiger partial charge in [0.15, 0.2) is 0 Å². The molecule has 1 aromatic rings. The molecule has 1 aromatic carbocycles. The zero-order chi connectivity index (χ0) is 27.6. The first-order valence-corrected chi connectivity index (χ1v) is 15.0. The first-order valence-electron chi connectivity index (χ1n) is 14.1. The summed E-state index contributed by atoms with van der Waals surface area (Å²) >= 11 is 1.66. The SMILES string of the molecule is CCCCNC(=O)C1N([C@@H](CO)CC(C)C)C(=O)[C@@H]2[C@@H](C(=O)Nc3ccc(OCC)cc3)[C@H]3CC(C)C12S3. The molecule has 7 atom stereocenters. The van der Waals surface area contributed by atoms with Gasteiger partial charge in [0.25, 0.3) is 0 Å². The number of fused-ring (bicyclic) bond motifs is 1. The number of aliphatic hydroxyl groups excluding tert-OH is 1. The maximum Gasteiger partial charge on any atom is 0.244 e. The molecule has 0 saturated carbocycles. The van der Waals surface area contributed by atoms with Crippen LogP contribution in [0.1, 0.15) is 60.3 Å². The monoisotopic (exact) mass is 545 g/mol. The van der Waals surface area contributed by atoms with Gasteiger partial charge in [0, 0.05) is 17.5 Å². The molecule has 0 aliphatic carbocycles. The summed E-state index contributed by atoms with van der Waals surface area (Å²) in [5, 5.41) is 16.4. The van der Waals surface area contributed by atoms with E-state index in [4.69, 9.17) is 4.74 Å². The van der Waals surface area contributed by atoms with Crippen LogP contribution < -0.4 is 15.4 Å². The van der Waals surface area contributed by atoms with Crippen molar-refractivity contribution in [1.82, 2.24) is 10.2 Å². The number of benzene rings is 1. The van der Waals surface area contributed by atoms with Gasteiger partial charge in [0.05, 0.1) is 35.8 Å². The summed E-state index contributed by atoms with van der Waals surface area (Å²) in [4.78, 5) is 43.4. The molecule has 3 fully saturated rings. The van der Waals surface area contributed by atoms with E-state index >= 15 is 0 Å². The zero-order valence-corrected chi connectivity index (χ0v) is 24.1. The van der Waals surface area contributed by atoms with E-state index in [0.717, 1.165) is 25.0 Å². The molecule has 2 bridgehead atoms. The molecule has 3 amide bonds. The van der Waals surface area contributed by atoms with Crippen LogP contribution in [0.5, 0.6) is 5.75 Å². The first-order chi connectivity index (χ1) is 18.2. The molecule has 8 nitrogen and oxygen atoms in total. The molecule has 3 heterocycles. The highest BCUT2D eigenvalue weighted by molar-refractivity contribution is 8.02. The standard InChI is InChI=1S/C29H43N3O5S/c1-6-8-13-30-27(35)25-29-18(5)15-22(38-29)23(24(29)28(36)32(25)20(16-33)14-17(3)4)26(34)31-19-9-11-21(12-10-19)37-7-2/h9-12,17-18,20,22-25,33H,6-8,13-16H2,1-5H3,(H,30,35)(H,31,34)/t18?,20-,22-,23+,24+,25?,29?/m1/s1. The minimum absolute atomic E-state index is 0.0348. The molecular formula is C29H43N3O5S. The molecule has 3 saturated heterocycles.